The van der Waals surface area contributed by atoms with E-state index in [4.69, 9.17) is 4.84 Å². The van der Waals surface area contributed by atoms with Crippen LogP contribution in [0.3, 0.4) is 0 Å². The lowest BCUT2D eigenvalue weighted by Crippen LogP contribution is -2.37. The number of carbonyl (C=O) groups excluding carboxylic acids is 2. The van der Waals surface area contributed by atoms with Crippen molar-refractivity contribution >= 4 is 23.2 Å². The van der Waals surface area contributed by atoms with Crippen LogP contribution in [-0.2, 0) is 14.4 Å². The smallest absolute Gasteiger partial charge is 0.266 e. The maximum absolute atomic E-state index is 13.5. The summed E-state index contributed by atoms with van der Waals surface area (Å²) in [6.45, 7) is 1.95. The normalized spacial score (nSPS) is 23.2. The Hall–Kier alpha value is -3.64. The van der Waals surface area contributed by atoms with Gasteiger partial charge in [-0.15, -0.1) is 0 Å². The Balaban J connectivity index is 1.58. The molecule has 0 unspecified atom stereocenters. The predicted molar refractivity (Wildman–Crippen MR) is 112 cm³/mol. The minimum Gasteiger partial charge on any atom is -0.508 e. The molecule has 0 saturated carbocycles. The fourth-order valence-corrected chi connectivity index (χ4v) is 4.17. The van der Waals surface area contributed by atoms with Gasteiger partial charge in [-0.1, -0.05) is 48.0 Å². The third-order valence-electron chi connectivity index (χ3n) is 5.65. The molecule has 1 N–H and O–H groups in total. The fraction of sp³-hybridized carbons (Fsp3) is 0.167. The highest BCUT2D eigenvalue weighted by Gasteiger charge is 2.60. The standard InChI is InChI=1S/C24H20N2O4/c1-15-7-11-17(12-8-15)25-23(28)20-21(16-9-13-19(27)14-10-16)26(30-22(20)24(25)29)18-5-3-2-4-6-18/h2-14,20-22,27H,1H3/t20-,21+,22-/m0/s1. The largest absolute Gasteiger partial charge is 0.508 e. The molecule has 6 nitrogen and oxygen atoms in total. The molecule has 0 spiro atoms. The molecule has 6 heteroatoms. The molecule has 2 saturated heterocycles. The zero-order valence-electron chi connectivity index (χ0n) is 16.3. The molecule has 3 aromatic rings. The molecule has 2 aliphatic rings. The van der Waals surface area contributed by atoms with E-state index in [9.17, 15) is 14.7 Å². The molecule has 5 rings (SSSR count). The molecular formula is C24H20N2O4. The van der Waals surface area contributed by atoms with Gasteiger partial charge in [-0.3, -0.25) is 14.4 Å². The molecule has 2 amide bonds. The van der Waals surface area contributed by atoms with E-state index in [-0.39, 0.29) is 17.6 Å². The maximum atomic E-state index is 13.5. The zero-order chi connectivity index (χ0) is 20.8. The number of carbonyl (C=O) groups is 2. The molecule has 2 fully saturated rings. The number of benzene rings is 3. The maximum Gasteiger partial charge on any atom is 0.266 e. The molecule has 30 heavy (non-hydrogen) atoms. The Kier molecular flexibility index (Phi) is 4.29. The van der Waals surface area contributed by atoms with Crippen molar-refractivity contribution in [2.45, 2.75) is 19.1 Å². The van der Waals surface area contributed by atoms with Gasteiger partial charge in [-0.2, -0.15) is 0 Å². The molecular weight excluding hydrogens is 380 g/mol. The van der Waals surface area contributed by atoms with E-state index in [0.717, 1.165) is 16.8 Å². The number of hydrogen-bond donors (Lipinski definition) is 1. The summed E-state index contributed by atoms with van der Waals surface area (Å²) in [6, 6.07) is 22.9. The van der Waals surface area contributed by atoms with Gasteiger partial charge in [0.25, 0.3) is 5.91 Å². The lowest BCUT2D eigenvalue weighted by atomic mass is 9.90. The molecule has 0 radical (unpaired) electrons. The number of hydrogen-bond acceptors (Lipinski definition) is 5. The highest BCUT2D eigenvalue weighted by atomic mass is 16.7. The number of phenolic OH excluding ortho intramolecular Hbond substituents is 1. The van der Waals surface area contributed by atoms with Gasteiger partial charge >= 0.3 is 0 Å². The summed E-state index contributed by atoms with van der Waals surface area (Å²) in [5.41, 5.74) is 3.14. The SMILES string of the molecule is Cc1ccc(N2C(=O)[C@@H]3[C@H](ON(c4ccccc4)[C@@H]3c3ccc(O)cc3)C2=O)cc1. The Morgan fingerprint density at radius 3 is 2.13 bits per heavy atom. The van der Waals surface area contributed by atoms with Crippen LogP contribution in [0, 0.1) is 12.8 Å². The molecule has 150 valence electrons. The van der Waals surface area contributed by atoms with Crippen LogP contribution in [-0.4, -0.2) is 23.0 Å². The number of aromatic hydroxyl groups is 1. The topological polar surface area (TPSA) is 70.1 Å². The van der Waals surface area contributed by atoms with Crippen molar-refractivity contribution in [3.05, 3.63) is 90.0 Å². The van der Waals surface area contributed by atoms with Crippen molar-refractivity contribution in [3.8, 4) is 5.75 Å². The number of fused-ring (bicyclic) bond motifs is 1. The minimum absolute atomic E-state index is 0.135. The molecule has 2 aliphatic heterocycles. The van der Waals surface area contributed by atoms with Gasteiger partial charge in [0.2, 0.25) is 5.91 Å². The summed E-state index contributed by atoms with van der Waals surface area (Å²) in [5, 5.41) is 11.3. The number of para-hydroxylation sites is 1. The monoisotopic (exact) mass is 400 g/mol. The summed E-state index contributed by atoms with van der Waals surface area (Å²) in [6.07, 6.45) is -0.905. The van der Waals surface area contributed by atoms with E-state index in [1.165, 1.54) is 4.90 Å². The van der Waals surface area contributed by atoms with E-state index >= 15 is 0 Å². The molecule has 0 aliphatic carbocycles. The molecule has 0 bridgehead atoms. The van der Waals surface area contributed by atoms with E-state index in [2.05, 4.69) is 0 Å². The van der Waals surface area contributed by atoms with Gasteiger partial charge in [0.05, 0.1) is 17.4 Å². The van der Waals surface area contributed by atoms with Gasteiger partial charge in [0, 0.05) is 0 Å². The van der Waals surface area contributed by atoms with Crippen LogP contribution in [0.25, 0.3) is 0 Å². The van der Waals surface area contributed by atoms with Crippen molar-refractivity contribution in [1.82, 2.24) is 0 Å². The average molecular weight is 400 g/mol. The Labute approximate surface area is 173 Å². The number of amides is 2. The summed E-state index contributed by atoms with van der Waals surface area (Å²) < 4.78 is 0. The quantitative estimate of drug-likeness (QED) is 0.678. The van der Waals surface area contributed by atoms with E-state index in [1.807, 2.05) is 49.4 Å². The third-order valence-corrected chi connectivity index (χ3v) is 5.65. The Bertz CT molecular complexity index is 1100. The summed E-state index contributed by atoms with van der Waals surface area (Å²) >= 11 is 0. The highest BCUT2D eigenvalue weighted by Crippen LogP contribution is 2.47. The van der Waals surface area contributed by atoms with Gasteiger partial charge in [0.1, 0.15) is 11.7 Å². The molecule has 2 heterocycles. The molecule has 0 aromatic heterocycles. The Morgan fingerprint density at radius 2 is 1.47 bits per heavy atom. The number of anilines is 2. The number of hydroxylamine groups is 1. The zero-order valence-corrected chi connectivity index (χ0v) is 16.3. The summed E-state index contributed by atoms with van der Waals surface area (Å²) in [5.74, 6) is -1.21. The van der Waals surface area contributed by atoms with Gasteiger partial charge in [0.15, 0.2) is 6.10 Å². The van der Waals surface area contributed by atoms with Crippen LogP contribution in [0.15, 0.2) is 78.9 Å². The minimum atomic E-state index is -0.905. The van der Waals surface area contributed by atoms with Crippen LogP contribution in [0.5, 0.6) is 5.75 Å². The molecule has 3 atom stereocenters. The van der Waals surface area contributed by atoms with E-state index in [0.29, 0.717) is 5.69 Å². The second-order valence-electron chi connectivity index (χ2n) is 7.60. The fourth-order valence-electron chi connectivity index (χ4n) is 4.17. The lowest BCUT2D eigenvalue weighted by Gasteiger charge is -2.28. The van der Waals surface area contributed by atoms with E-state index in [1.54, 1.807) is 41.5 Å². The Morgan fingerprint density at radius 1 is 0.800 bits per heavy atom. The molecule has 3 aromatic carbocycles. The van der Waals surface area contributed by atoms with Crippen LogP contribution in [0.1, 0.15) is 17.2 Å². The van der Waals surface area contributed by atoms with Crippen LogP contribution in [0.4, 0.5) is 11.4 Å². The van der Waals surface area contributed by atoms with E-state index < -0.39 is 18.1 Å². The van der Waals surface area contributed by atoms with Crippen molar-refractivity contribution in [2.75, 3.05) is 9.96 Å². The van der Waals surface area contributed by atoms with Crippen molar-refractivity contribution in [2.24, 2.45) is 5.92 Å². The first-order chi connectivity index (χ1) is 14.5. The van der Waals surface area contributed by atoms with Crippen molar-refractivity contribution in [1.29, 1.82) is 0 Å². The van der Waals surface area contributed by atoms with Gasteiger partial charge < -0.3 is 5.11 Å². The van der Waals surface area contributed by atoms with Gasteiger partial charge in [-0.05, 0) is 48.9 Å². The van der Waals surface area contributed by atoms with Crippen LogP contribution >= 0.6 is 0 Å². The first-order valence-corrected chi connectivity index (χ1v) is 9.79. The lowest BCUT2D eigenvalue weighted by molar-refractivity contribution is -0.126. The van der Waals surface area contributed by atoms with Gasteiger partial charge in [-0.25, -0.2) is 9.96 Å². The van der Waals surface area contributed by atoms with Crippen LogP contribution < -0.4 is 9.96 Å². The predicted octanol–water partition coefficient (Wildman–Crippen LogP) is 3.75. The summed E-state index contributed by atoms with van der Waals surface area (Å²) in [4.78, 5) is 34.0. The van der Waals surface area contributed by atoms with Crippen molar-refractivity contribution in [3.63, 3.8) is 0 Å². The number of rotatable bonds is 3. The average Bonchev–Trinajstić information content (AvgIpc) is 3.27. The number of aryl methyl sites for hydroxylation is 1. The van der Waals surface area contributed by atoms with Crippen LogP contribution in [0.2, 0.25) is 0 Å². The first kappa shape index (κ1) is 18.4. The summed E-state index contributed by atoms with van der Waals surface area (Å²) in [7, 11) is 0. The number of imide groups is 1. The second kappa shape index (κ2) is 7.00. The number of phenols is 1. The second-order valence-corrected chi connectivity index (χ2v) is 7.60. The first-order valence-electron chi connectivity index (χ1n) is 9.79. The number of nitrogens with zero attached hydrogens (tertiary/aromatic N) is 2. The highest BCUT2D eigenvalue weighted by molar-refractivity contribution is 6.23. The van der Waals surface area contributed by atoms with Crippen molar-refractivity contribution < 1.29 is 19.5 Å². The third kappa shape index (κ3) is 2.84.